The smallest absolute Gasteiger partial charge is 0.322 e. The van der Waals surface area contributed by atoms with Gasteiger partial charge >= 0.3 is 6.18 Å². The number of rotatable bonds is 4. The second kappa shape index (κ2) is 8.35. The molecule has 0 radical (unpaired) electrons. The lowest BCUT2D eigenvalue weighted by molar-refractivity contribution is -0.137. The molecule has 0 unspecified atom stereocenters. The van der Waals surface area contributed by atoms with Crippen LogP contribution in [0.15, 0.2) is 42.5 Å². The van der Waals surface area contributed by atoms with E-state index in [1.165, 1.54) is 12.1 Å². The summed E-state index contributed by atoms with van der Waals surface area (Å²) in [7, 11) is 0. The van der Waals surface area contributed by atoms with Gasteiger partial charge in [0, 0.05) is 42.4 Å². The number of carbonyl (C=O) groups excluding carboxylic acids is 1. The van der Waals surface area contributed by atoms with Crippen LogP contribution in [0.1, 0.15) is 27.0 Å². The monoisotopic (exact) mass is 394 g/mol. The molecule has 1 N–H and O–H groups in total. The Morgan fingerprint density at radius 3 is 2.56 bits per heavy atom. The Hall–Kier alpha value is -1.99. The van der Waals surface area contributed by atoms with Crippen molar-refractivity contribution in [1.29, 1.82) is 0 Å². The Kier molecular flexibility index (Phi) is 6.11. The summed E-state index contributed by atoms with van der Waals surface area (Å²) >= 11 is 1.96. The first-order chi connectivity index (χ1) is 12.8. The van der Waals surface area contributed by atoms with E-state index in [-0.39, 0.29) is 5.56 Å². The van der Waals surface area contributed by atoms with Gasteiger partial charge in [-0.15, -0.1) is 0 Å². The van der Waals surface area contributed by atoms with Gasteiger partial charge in [-0.1, -0.05) is 18.2 Å². The molecule has 1 aliphatic heterocycles. The molecule has 0 aliphatic carbocycles. The van der Waals surface area contributed by atoms with Crippen molar-refractivity contribution in [2.75, 3.05) is 29.9 Å². The summed E-state index contributed by atoms with van der Waals surface area (Å²) in [5, 5.41) is 2.71. The molecule has 1 aliphatic rings. The van der Waals surface area contributed by atoms with E-state index < -0.39 is 17.6 Å². The average molecular weight is 394 g/mol. The molecule has 3 rings (SSSR count). The standard InChI is InChI=1S/C20H21F3N2OS/c1-14-11-15(13-25-7-9-27-10-8-25)5-6-18(14)24-19(26)16-3-2-4-17(12-16)20(21,22)23/h2-6,11-12H,7-10,13H2,1H3,(H,24,26). The molecule has 7 heteroatoms. The predicted octanol–water partition coefficient (Wildman–Crippen LogP) is 4.81. The molecule has 1 fully saturated rings. The molecule has 27 heavy (non-hydrogen) atoms. The third-order valence-corrected chi connectivity index (χ3v) is 5.44. The largest absolute Gasteiger partial charge is 0.416 e. The maximum Gasteiger partial charge on any atom is 0.416 e. The second-order valence-corrected chi connectivity index (χ2v) is 7.80. The van der Waals surface area contributed by atoms with Crippen LogP contribution >= 0.6 is 11.8 Å². The van der Waals surface area contributed by atoms with Crippen LogP contribution in [0, 0.1) is 6.92 Å². The third-order valence-electron chi connectivity index (χ3n) is 4.50. The van der Waals surface area contributed by atoms with Gasteiger partial charge in [0.15, 0.2) is 0 Å². The van der Waals surface area contributed by atoms with Crippen molar-refractivity contribution < 1.29 is 18.0 Å². The molecule has 2 aromatic rings. The van der Waals surface area contributed by atoms with Crippen molar-refractivity contribution in [2.45, 2.75) is 19.6 Å². The predicted molar refractivity (Wildman–Crippen MR) is 103 cm³/mol. The van der Waals surface area contributed by atoms with Crippen molar-refractivity contribution in [3.8, 4) is 0 Å². The summed E-state index contributed by atoms with van der Waals surface area (Å²) in [6, 6.07) is 10.2. The van der Waals surface area contributed by atoms with Gasteiger partial charge in [-0.2, -0.15) is 24.9 Å². The molecule has 1 saturated heterocycles. The minimum Gasteiger partial charge on any atom is -0.322 e. The maximum atomic E-state index is 12.8. The number of halogens is 3. The zero-order valence-electron chi connectivity index (χ0n) is 15.0. The topological polar surface area (TPSA) is 32.3 Å². The lowest BCUT2D eigenvalue weighted by Gasteiger charge is -2.26. The van der Waals surface area contributed by atoms with Gasteiger partial charge in [0.25, 0.3) is 5.91 Å². The first kappa shape index (κ1) is 19.8. The summed E-state index contributed by atoms with van der Waals surface area (Å²) in [6.07, 6.45) is -4.47. The van der Waals surface area contributed by atoms with Crippen LogP contribution in [-0.4, -0.2) is 35.4 Å². The third kappa shape index (κ3) is 5.26. The molecular formula is C20H21F3N2OS. The highest BCUT2D eigenvalue weighted by Crippen LogP contribution is 2.30. The quantitative estimate of drug-likeness (QED) is 0.807. The minimum absolute atomic E-state index is 0.0147. The fourth-order valence-electron chi connectivity index (χ4n) is 3.01. The molecule has 0 saturated carbocycles. The Balaban J connectivity index is 1.69. The highest BCUT2D eigenvalue weighted by Gasteiger charge is 2.30. The molecular weight excluding hydrogens is 373 g/mol. The number of anilines is 1. The Labute approximate surface area is 160 Å². The number of thioether (sulfide) groups is 1. The number of benzene rings is 2. The first-order valence-electron chi connectivity index (χ1n) is 8.71. The minimum atomic E-state index is -4.47. The van der Waals surface area contributed by atoms with Crippen LogP contribution < -0.4 is 5.32 Å². The van der Waals surface area contributed by atoms with E-state index in [9.17, 15) is 18.0 Å². The Morgan fingerprint density at radius 2 is 1.89 bits per heavy atom. The lowest BCUT2D eigenvalue weighted by atomic mass is 10.1. The summed E-state index contributed by atoms with van der Waals surface area (Å²) in [5.74, 6) is 1.74. The number of aryl methyl sites for hydroxylation is 1. The van der Waals surface area contributed by atoms with Crippen LogP contribution in [-0.2, 0) is 12.7 Å². The van der Waals surface area contributed by atoms with E-state index in [0.29, 0.717) is 5.69 Å². The van der Waals surface area contributed by atoms with Gasteiger partial charge in [-0.25, -0.2) is 0 Å². The number of amides is 1. The van der Waals surface area contributed by atoms with Crippen molar-refractivity contribution in [2.24, 2.45) is 0 Å². The van der Waals surface area contributed by atoms with Gasteiger partial charge in [0.1, 0.15) is 0 Å². The number of hydrogen-bond donors (Lipinski definition) is 1. The number of nitrogens with zero attached hydrogens (tertiary/aromatic N) is 1. The Bertz CT molecular complexity index is 817. The summed E-state index contributed by atoms with van der Waals surface area (Å²) in [5.41, 5.74) is 1.81. The fourth-order valence-corrected chi connectivity index (χ4v) is 3.99. The zero-order valence-corrected chi connectivity index (χ0v) is 15.8. The van der Waals surface area contributed by atoms with Crippen LogP contribution in [0.3, 0.4) is 0 Å². The van der Waals surface area contributed by atoms with Crippen molar-refractivity contribution in [3.05, 3.63) is 64.7 Å². The Morgan fingerprint density at radius 1 is 1.15 bits per heavy atom. The number of nitrogens with one attached hydrogen (secondary N) is 1. The normalized spacial score (nSPS) is 15.6. The molecule has 0 spiro atoms. The highest BCUT2D eigenvalue weighted by molar-refractivity contribution is 7.99. The van der Waals surface area contributed by atoms with Gasteiger partial charge in [0.05, 0.1) is 5.56 Å². The molecule has 0 atom stereocenters. The SMILES string of the molecule is Cc1cc(CN2CCSCC2)ccc1NC(=O)c1cccc(C(F)(F)F)c1. The van der Waals surface area contributed by atoms with E-state index in [1.807, 2.05) is 36.9 Å². The van der Waals surface area contributed by atoms with Crippen molar-refractivity contribution in [3.63, 3.8) is 0 Å². The number of hydrogen-bond acceptors (Lipinski definition) is 3. The van der Waals surface area contributed by atoms with Gasteiger partial charge < -0.3 is 5.32 Å². The molecule has 0 bridgehead atoms. The van der Waals surface area contributed by atoms with E-state index in [1.54, 1.807) is 0 Å². The van der Waals surface area contributed by atoms with Gasteiger partial charge in [-0.05, 0) is 42.3 Å². The van der Waals surface area contributed by atoms with Crippen molar-refractivity contribution in [1.82, 2.24) is 4.90 Å². The summed E-state index contributed by atoms with van der Waals surface area (Å²) in [4.78, 5) is 14.8. The molecule has 2 aromatic carbocycles. The van der Waals surface area contributed by atoms with E-state index in [2.05, 4.69) is 10.2 Å². The van der Waals surface area contributed by atoms with E-state index in [0.717, 1.165) is 54.4 Å². The van der Waals surface area contributed by atoms with E-state index >= 15 is 0 Å². The zero-order chi connectivity index (χ0) is 19.4. The highest BCUT2D eigenvalue weighted by atomic mass is 32.2. The van der Waals surface area contributed by atoms with Gasteiger partial charge in [0.2, 0.25) is 0 Å². The summed E-state index contributed by atoms with van der Waals surface area (Å²) in [6.45, 7) is 4.88. The fraction of sp³-hybridized carbons (Fsp3) is 0.350. The van der Waals surface area contributed by atoms with E-state index in [4.69, 9.17) is 0 Å². The second-order valence-electron chi connectivity index (χ2n) is 6.57. The average Bonchev–Trinajstić information content (AvgIpc) is 2.64. The molecule has 1 heterocycles. The lowest BCUT2D eigenvalue weighted by Crippen LogP contribution is -2.31. The van der Waals surface area contributed by atoms with Crippen LogP contribution in [0.25, 0.3) is 0 Å². The number of alkyl halides is 3. The molecule has 1 amide bonds. The van der Waals surface area contributed by atoms with Gasteiger partial charge in [-0.3, -0.25) is 9.69 Å². The molecule has 0 aromatic heterocycles. The summed E-state index contributed by atoms with van der Waals surface area (Å²) < 4.78 is 38.5. The maximum absolute atomic E-state index is 12.8. The first-order valence-corrected chi connectivity index (χ1v) is 9.86. The van der Waals surface area contributed by atoms with Crippen LogP contribution in [0.5, 0.6) is 0 Å². The van der Waals surface area contributed by atoms with Crippen LogP contribution in [0.4, 0.5) is 18.9 Å². The van der Waals surface area contributed by atoms with Crippen LogP contribution in [0.2, 0.25) is 0 Å². The molecule has 3 nitrogen and oxygen atoms in total. The van der Waals surface area contributed by atoms with Crippen molar-refractivity contribution >= 4 is 23.4 Å². The molecule has 144 valence electrons. The number of carbonyl (C=O) groups is 1.